The minimum Gasteiger partial charge on any atom is -0.497 e. The number of benzene rings is 2. The van der Waals surface area contributed by atoms with Crippen LogP contribution in [-0.2, 0) is 5.41 Å². The van der Waals surface area contributed by atoms with E-state index in [-0.39, 0.29) is 0 Å². The molecule has 2 fully saturated rings. The van der Waals surface area contributed by atoms with E-state index in [0.29, 0.717) is 12.1 Å². The number of fused-ring (bicyclic) bond motifs is 2. The Kier molecular flexibility index (Phi) is 4.70. The molecule has 27 heavy (non-hydrogen) atoms. The number of piperidine rings is 2. The molecule has 2 aromatic carbocycles. The second-order valence-corrected chi connectivity index (χ2v) is 7.65. The fraction of sp³-hybridized carbons (Fsp3) is 0.435. The molecule has 2 bridgehead atoms. The highest BCUT2D eigenvalue weighted by Crippen LogP contribution is 2.49. The molecule has 2 aliphatic rings. The maximum Gasteiger partial charge on any atom is 0.142 e. The molecular formula is C23H26N2O2. The molecule has 4 heteroatoms. The molecule has 2 heterocycles. The molecule has 0 saturated carbocycles. The monoisotopic (exact) mass is 362 g/mol. The molecule has 3 atom stereocenters. The van der Waals surface area contributed by atoms with Crippen LogP contribution in [0, 0.1) is 11.3 Å². The zero-order valence-electron chi connectivity index (χ0n) is 16.0. The van der Waals surface area contributed by atoms with Gasteiger partial charge in [0.25, 0.3) is 0 Å². The number of hydrogen-bond acceptors (Lipinski definition) is 4. The van der Waals surface area contributed by atoms with Gasteiger partial charge in [0, 0.05) is 12.1 Å². The molecule has 0 amide bonds. The van der Waals surface area contributed by atoms with Crippen molar-refractivity contribution in [2.24, 2.45) is 0 Å². The summed E-state index contributed by atoms with van der Waals surface area (Å²) in [5.41, 5.74) is 1.79. The predicted octanol–water partition coefficient (Wildman–Crippen LogP) is 4.69. The molecule has 2 saturated heterocycles. The average molecular weight is 362 g/mol. The molecule has 2 aliphatic heterocycles. The standard InChI is InChI=1S/C23H26N2O2/c1-26-20-10-5-7-17(13-20)23(16-24)14-18-8-6-9-19(15-23)25(18)21-11-3-4-12-22(21)27-2/h3-5,7,10-13,18-19H,6,8-9,14-15H2,1-2H3/t18-,19+,23?. The Labute approximate surface area is 161 Å². The second kappa shape index (κ2) is 7.15. The van der Waals surface area contributed by atoms with Gasteiger partial charge < -0.3 is 14.4 Å². The van der Waals surface area contributed by atoms with Gasteiger partial charge in [-0.3, -0.25) is 0 Å². The van der Waals surface area contributed by atoms with Crippen molar-refractivity contribution in [2.45, 2.75) is 49.6 Å². The van der Waals surface area contributed by atoms with E-state index in [2.05, 4.69) is 29.2 Å². The van der Waals surface area contributed by atoms with Crippen LogP contribution in [0.2, 0.25) is 0 Å². The Morgan fingerprint density at radius 1 is 1.00 bits per heavy atom. The Hall–Kier alpha value is -2.67. The van der Waals surface area contributed by atoms with Crippen LogP contribution < -0.4 is 14.4 Å². The summed E-state index contributed by atoms with van der Waals surface area (Å²) >= 11 is 0. The van der Waals surface area contributed by atoms with Crippen LogP contribution in [0.25, 0.3) is 0 Å². The van der Waals surface area contributed by atoms with Crippen molar-refractivity contribution in [2.75, 3.05) is 19.1 Å². The quantitative estimate of drug-likeness (QED) is 0.792. The Morgan fingerprint density at radius 2 is 1.74 bits per heavy atom. The molecule has 1 unspecified atom stereocenters. The van der Waals surface area contributed by atoms with Crippen molar-refractivity contribution < 1.29 is 9.47 Å². The van der Waals surface area contributed by atoms with Crippen molar-refractivity contribution >= 4 is 5.69 Å². The summed E-state index contributed by atoms with van der Waals surface area (Å²) in [6, 6.07) is 19.7. The van der Waals surface area contributed by atoms with Gasteiger partial charge in [0.05, 0.1) is 31.4 Å². The van der Waals surface area contributed by atoms with Crippen molar-refractivity contribution in [1.82, 2.24) is 0 Å². The lowest BCUT2D eigenvalue weighted by Gasteiger charge is -2.53. The average Bonchev–Trinajstić information content (AvgIpc) is 2.72. The highest BCUT2D eigenvalue weighted by molar-refractivity contribution is 5.61. The highest BCUT2D eigenvalue weighted by Gasteiger charge is 2.48. The zero-order chi connectivity index (χ0) is 18.9. The summed E-state index contributed by atoms with van der Waals surface area (Å²) in [4.78, 5) is 2.53. The number of hydrogen-bond donors (Lipinski definition) is 0. The topological polar surface area (TPSA) is 45.5 Å². The lowest BCUT2D eigenvalue weighted by atomic mass is 9.65. The van der Waals surface area contributed by atoms with Gasteiger partial charge in [-0.1, -0.05) is 24.3 Å². The minimum atomic E-state index is -0.456. The van der Waals surface area contributed by atoms with Crippen LogP contribution in [0.3, 0.4) is 0 Å². The molecule has 0 aromatic heterocycles. The summed E-state index contributed by atoms with van der Waals surface area (Å²) in [5.74, 6) is 1.74. The van der Waals surface area contributed by atoms with Crippen molar-refractivity contribution in [1.29, 1.82) is 5.26 Å². The van der Waals surface area contributed by atoms with E-state index in [1.54, 1.807) is 14.2 Å². The SMILES string of the molecule is COc1cccc(C2(C#N)C[C@H]3CCC[C@@H](C2)N3c2ccccc2OC)c1. The van der Waals surface area contributed by atoms with Gasteiger partial charge in [0.2, 0.25) is 0 Å². The van der Waals surface area contributed by atoms with E-state index in [4.69, 9.17) is 9.47 Å². The normalized spacial score (nSPS) is 26.9. The highest BCUT2D eigenvalue weighted by atomic mass is 16.5. The molecule has 0 aliphatic carbocycles. The van der Waals surface area contributed by atoms with E-state index in [1.807, 2.05) is 30.3 Å². The van der Waals surface area contributed by atoms with Crippen molar-refractivity contribution in [3.8, 4) is 17.6 Å². The van der Waals surface area contributed by atoms with Gasteiger partial charge in [0.1, 0.15) is 11.5 Å². The molecule has 4 nitrogen and oxygen atoms in total. The number of nitriles is 1. The third kappa shape index (κ3) is 3.02. The summed E-state index contributed by atoms with van der Waals surface area (Å²) in [7, 11) is 3.41. The molecule has 0 N–H and O–H groups in total. The maximum absolute atomic E-state index is 10.2. The molecule has 0 spiro atoms. The van der Waals surface area contributed by atoms with Gasteiger partial charge in [-0.15, -0.1) is 0 Å². The number of rotatable bonds is 4. The lowest BCUT2D eigenvalue weighted by Crippen LogP contribution is -2.56. The molecule has 140 valence electrons. The van der Waals surface area contributed by atoms with Crippen LogP contribution in [0.15, 0.2) is 48.5 Å². The van der Waals surface area contributed by atoms with Gasteiger partial charge in [0.15, 0.2) is 0 Å². The molecule has 0 radical (unpaired) electrons. The minimum absolute atomic E-state index is 0.347. The smallest absolute Gasteiger partial charge is 0.142 e. The number of ether oxygens (including phenoxy) is 2. The first-order chi connectivity index (χ1) is 13.2. The third-order valence-electron chi connectivity index (χ3n) is 6.23. The van der Waals surface area contributed by atoms with Crippen molar-refractivity contribution in [3.63, 3.8) is 0 Å². The number of para-hydroxylation sites is 2. The van der Waals surface area contributed by atoms with Crippen molar-refractivity contribution in [3.05, 3.63) is 54.1 Å². The number of nitrogens with zero attached hydrogens (tertiary/aromatic N) is 2. The Morgan fingerprint density at radius 3 is 2.41 bits per heavy atom. The first-order valence-corrected chi connectivity index (χ1v) is 9.68. The van der Waals surface area contributed by atoms with E-state index in [9.17, 15) is 5.26 Å². The first kappa shape index (κ1) is 17.7. The van der Waals surface area contributed by atoms with Crippen LogP contribution in [0.5, 0.6) is 11.5 Å². The van der Waals surface area contributed by atoms with Gasteiger partial charge >= 0.3 is 0 Å². The van der Waals surface area contributed by atoms with E-state index >= 15 is 0 Å². The maximum atomic E-state index is 10.2. The van der Waals surface area contributed by atoms with Crippen LogP contribution in [0.1, 0.15) is 37.7 Å². The first-order valence-electron chi connectivity index (χ1n) is 9.68. The summed E-state index contributed by atoms with van der Waals surface area (Å²) < 4.78 is 11.0. The van der Waals surface area contributed by atoms with Crippen LogP contribution in [0.4, 0.5) is 5.69 Å². The zero-order valence-corrected chi connectivity index (χ0v) is 16.0. The third-order valence-corrected chi connectivity index (χ3v) is 6.23. The van der Waals surface area contributed by atoms with E-state index in [1.165, 1.54) is 6.42 Å². The van der Waals surface area contributed by atoms with Gasteiger partial charge in [-0.2, -0.15) is 5.26 Å². The van der Waals surface area contributed by atoms with E-state index in [0.717, 1.165) is 48.4 Å². The largest absolute Gasteiger partial charge is 0.497 e. The van der Waals surface area contributed by atoms with Crippen LogP contribution >= 0.6 is 0 Å². The molecule has 4 rings (SSSR count). The number of methoxy groups -OCH3 is 2. The van der Waals surface area contributed by atoms with Gasteiger partial charge in [-0.05, 0) is 61.9 Å². The fourth-order valence-electron chi connectivity index (χ4n) is 5.00. The second-order valence-electron chi connectivity index (χ2n) is 7.65. The summed E-state index contributed by atoms with van der Waals surface area (Å²) in [6.07, 6.45) is 5.13. The fourth-order valence-corrected chi connectivity index (χ4v) is 5.00. The molecular weight excluding hydrogens is 336 g/mol. The lowest BCUT2D eigenvalue weighted by molar-refractivity contribution is 0.229. The number of anilines is 1. The Bertz CT molecular complexity index is 843. The summed E-state index contributed by atoms with van der Waals surface area (Å²) in [6.45, 7) is 0. The van der Waals surface area contributed by atoms with Crippen LogP contribution in [-0.4, -0.2) is 26.3 Å². The summed E-state index contributed by atoms with van der Waals surface area (Å²) in [5, 5.41) is 10.2. The molecule has 2 aromatic rings. The Balaban J connectivity index is 1.73. The van der Waals surface area contributed by atoms with Gasteiger partial charge in [-0.25, -0.2) is 0 Å². The predicted molar refractivity (Wildman–Crippen MR) is 106 cm³/mol. The van der Waals surface area contributed by atoms with E-state index < -0.39 is 5.41 Å².